The minimum atomic E-state index is -0.385. The van der Waals surface area contributed by atoms with Crippen molar-refractivity contribution in [3.05, 3.63) is 9.89 Å². The van der Waals surface area contributed by atoms with Crippen molar-refractivity contribution in [2.24, 2.45) is 10.7 Å². The Bertz CT molecular complexity index is 396. The summed E-state index contributed by atoms with van der Waals surface area (Å²) in [7, 11) is 1.66. The maximum absolute atomic E-state index is 11.8. The minimum absolute atomic E-state index is 0.0404. The zero-order chi connectivity index (χ0) is 11.9. The predicted octanol–water partition coefficient (Wildman–Crippen LogP) is 1.66. The summed E-state index contributed by atoms with van der Waals surface area (Å²) < 4.78 is 1.12. The number of nitrogens with zero attached hydrogens (tertiary/aromatic N) is 2. The number of carbonyl (C=O) groups is 1. The standard InChI is InChI=1S/C10H14BrN3OS/c1-10(6-3-4-7(11)16-6)5-8(15)14(2)9(12)13-10/h4,6H,3,5H2,1-2H3,(H2,12,13)/t6?,10-/m0/s1. The van der Waals surface area contributed by atoms with E-state index < -0.39 is 0 Å². The molecule has 0 fully saturated rings. The molecule has 1 unspecified atom stereocenters. The minimum Gasteiger partial charge on any atom is -0.369 e. The highest BCUT2D eigenvalue weighted by atomic mass is 79.9. The van der Waals surface area contributed by atoms with Crippen LogP contribution in [-0.4, -0.2) is 34.6 Å². The van der Waals surface area contributed by atoms with Gasteiger partial charge in [-0.15, -0.1) is 11.8 Å². The monoisotopic (exact) mass is 303 g/mol. The number of hydrogen-bond acceptors (Lipinski definition) is 4. The third-order valence-corrected chi connectivity index (χ3v) is 5.30. The van der Waals surface area contributed by atoms with Crippen LogP contribution in [0.5, 0.6) is 0 Å². The molecule has 0 saturated carbocycles. The Labute approximate surface area is 107 Å². The fraction of sp³-hybridized carbons (Fsp3) is 0.600. The van der Waals surface area contributed by atoms with E-state index in [1.807, 2.05) is 6.92 Å². The average Bonchev–Trinajstić information content (AvgIpc) is 2.62. The van der Waals surface area contributed by atoms with Gasteiger partial charge in [0.25, 0.3) is 0 Å². The molecule has 1 amide bonds. The van der Waals surface area contributed by atoms with Crippen LogP contribution in [0.3, 0.4) is 0 Å². The Hall–Kier alpha value is -0.490. The molecule has 0 aromatic rings. The third-order valence-electron chi connectivity index (χ3n) is 3.04. The first kappa shape index (κ1) is 12.0. The van der Waals surface area contributed by atoms with Crippen molar-refractivity contribution in [1.82, 2.24) is 4.90 Å². The predicted molar refractivity (Wildman–Crippen MR) is 70.4 cm³/mol. The summed E-state index contributed by atoms with van der Waals surface area (Å²) >= 11 is 5.18. The van der Waals surface area contributed by atoms with Crippen LogP contribution in [-0.2, 0) is 4.79 Å². The number of hydrogen-bond donors (Lipinski definition) is 1. The van der Waals surface area contributed by atoms with Crippen LogP contribution in [0.25, 0.3) is 0 Å². The molecule has 2 rings (SSSR count). The molecule has 2 aliphatic heterocycles. The van der Waals surface area contributed by atoms with E-state index in [9.17, 15) is 4.79 Å². The zero-order valence-corrected chi connectivity index (χ0v) is 11.6. The molecule has 0 radical (unpaired) electrons. The van der Waals surface area contributed by atoms with Gasteiger partial charge in [-0.2, -0.15) is 0 Å². The Morgan fingerprint density at radius 2 is 2.44 bits per heavy atom. The van der Waals surface area contributed by atoms with Crippen LogP contribution in [0.2, 0.25) is 0 Å². The topological polar surface area (TPSA) is 58.7 Å². The fourth-order valence-electron chi connectivity index (χ4n) is 1.93. The van der Waals surface area contributed by atoms with Gasteiger partial charge in [-0.25, -0.2) is 4.99 Å². The molecule has 0 spiro atoms. The van der Waals surface area contributed by atoms with E-state index in [0.29, 0.717) is 12.4 Å². The lowest BCUT2D eigenvalue weighted by atomic mass is 9.90. The van der Waals surface area contributed by atoms with Crippen molar-refractivity contribution in [3.8, 4) is 0 Å². The third kappa shape index (κ3) is 2.00. The van der Waals surface area contributed by atoms with E-state index in [0.717, 1.165) is 10.2 Å². The summed E-state index contributed by atoms with van der Waals surface area (Å²) in [5.41, 5.74) is 5.38. The highest BCUT2D eigenvalue weighted by Crippen LogP contribution is 2.45. The summed E-state index contributed by atoms with van der Waals surface area (Å²) in [5, 5.41) is 0.290. The van der Waals surface area contributed by atoms with Crippen LogP contribution in [0.15, 0.2) is 14.9 Å². The fourth-order valence-corrected chi connectivity index (χ4v) is 3.84. The normalized spacial score (nSPS) is 35.1. The molecule has 4 nitrogen and oxygen atoms in total. The molecule has 16 heavy (non-hydrogen) atoms. The maximum atomic E-state index is 11.8. The molecule has 0 aliphatic carbocycles. The van der Waals surface area contributed by atoms with Crippen LogP contribution >= 0.6 is 27.7 Å². The van der Waals surface area contributed by atoms with Gasteiger partial charge in [-0.3, -0.25) is 9.69 Å². The highest BCUT2D eigenvalue weighted by molar-refractivity contribution is 9.14. The number of rotatable bonds is 1. The van der Waals surface area contributed by atoms with E-state index in [1.54, 1.807) is 18.8 Å². The zero-order valence-electron chi connectivity index (χ0n) is 9.24. The molecule has 0 aromatic heterocycles. The molecule has 2 N–H and O–H groups in total. The first-order chi connectivity index (χ1) is 7.42. The van der Waals surface area contributed by atoms with Crippen LogP contribution in [0, 0.1) is 0 Å². The summed E-state index contributed by atoms with van der Waals surface area (Å²) in [5.74, 6) is 0.362. The maximum Gasteiger partial charge on any atom is 0.231 e. The second-order valence-corrected chi connectivity index (χ2v) is 6.93. The first-order valence-corrected chi connectivity index (χ1v) is 6.74. The van der Waals surface area contributed by atoms with Gasteiger partial charge in [0.1, 0.15) is 0 Å². The van der Waals surface area contributed by atoms with Crippen LogP contribution < -0.4 is 5.73 Å². The van der Waals surface area contributed by atoms with Crippen LogP contribution in [0.1, 0.15) is 19.8 Å². The Morgan fingerprint density at radius 3 is 2.94 bits per heavy atom. The first-order valence-electron chi connectivity index (χ1n) is 5.06. The molecule has 6 heteroatoms. The Balaban J connectivity index is 2.23. The van der Waals surface area contributed by atoms with E-state index >= 15 is 0 Å². The number of nitrogens with two attached hydrogens (primary N) is 1. The number of guanidine groups is 1. The molecule has 2 heterocycles. The number of halogens is 1. The van der Waals surface area contributed by atoms with Gasteiger partial charge in [-0.05, 0) is 29.3 Å². The van der Waals surface area contributed by atoms with Crippen molar-refractivity contribution in [3.63, 3.8) is 0 Å². The second-order valence-electron chi connectivity index (χ2n) is 4.31. The molecule has 2 atom stereocenters. The largest absolute Gasteiger partial charge is 0.369 e. The smallest absolute Gasteiger partial charge is 0.231 e. The van der Waals surface area contributed by atoms with Crippen molar-refractivity contribution >= 4 is 39.6 Å². The van der Waals surface area contributed by atoms with Crippen molar-refractivity contribution in [2.75, 3.05) is 7.05 Å². The lowest BCUT2D eigenvalue weighted by Gasteiger charge is -2.36. The summed E-state index contributed by atoms with van der Waals surface area (Å²) in [6.07, 6.45) is 3.47. The Morgan fingerprint density at radius 1 is 1.75 bits per heavy atom. The molecular weight excluding hydrogens is 290 g/mol. The number of carbonyl (C=O) groups excluding carboxylic acids is 1. The van der Waals surface area contributed by atoms with Crippen LogP contribution in [0.4, 0.5) is 0 Å². The lowest BCUT2D eigenvalue weighted by Crippen LogP contribution is -2.51. The van der Waals surface area contributed by atoms with Gasteiger partial charge < -0.3 is 5.73 Å². The lowest BCUT2D eigenvalue weighted by molar-refractivity contribution is -0.128. The van der Waals surface area contributed by atoms with Gasteiger partial charge in [-0.1, -0.05) is 6.08 Å². The molecular formula is C10H14BrN3OS. The van der Waals surface area contributed by atoms with Crippen molar-refractivity contribution in [2.45, 2.75) is 30.6 Å². The van der Waals surface area contributed by atoms with Gasteiger partial charge in [0, 0.05) is 16.1 Å². The second kappa shape index (κ2) is 4.07. The molecule has 88 valence electrons. The average molecular weight is 304 g/mol. The molecule has 0 bridgehead atoms. The summed E-state index contributed by atoms with van der Waals surface area (Å²) in [6.45, 7) is 2.00. The number of aliphatic imine (C=N–C) groups is 1. The van der Waals surface area contributed by atoms with E-state index in [-0.39, 0.29) is 16.7 Å². The summed E-state index contributed by atoms with van der Waals surface area (Å²) in [4.78, 5) is 17.7. The van der Waals surface area contributed by atoms with Gasteiger partial charge in [0.15, 0.2) is 5.96 Å². The highest BCUT2D eigenvalue weighted by Gasteiger charge is 2.42. The van der Waals surface area contributed by atoms with Gasteiger partial charge >= 0.3 is 0 Å². The van der Waals surface area contributed by atoms with E-state index in [4.69, 9.17) is 5.73 Å². The molecule has 2 aliphatic rings. The van der Waals surface area contributed by atoms with Crippen molar-refractivity contribution < 1.29 is 4.79 Å². The summed E-state index contributed by atoms with van der Waals surface area (Å²) in [6, 6.07) is 0. The molecule has 0 aromatic carbocycles. The quantitative estimate of drug-likeness (QED) is 0.801. The number of thioether (sulfide) groups is 1. The Kier molecular flexibility index (Phi) is 3.05. The van der Waals surface area contributed by atoms with Gasteiger partial charge in [0.2, 0.25) is 5.91 Å². The molecule has 0 saturated heterocycles. The van der Waals surface area contributed by atoms with E-state index in [2.05, 4.69) is 27.0 Å². The van der Waals surface area contributed by atoms with E-state index in [1.165, 1.54) is 4.90 Å². The number of amides is 1. The number of allylic oxidation sites excluding steroid dienone is 1. The van der Waals surface area contributed by atoms with Crippen molar-refractivity contribution in [1.29, 1.82) is 0 Å². The SMILES string of the molecule is CN1C(=O)C[C@@](C)(C2CC=C(Br)S2)N=C1N. The van der Waals surface area contributed by atoms with Gasteiger partial charge in [0.05, 0.1) is 12.0 Å².